The molecule has 0 fully saturated rings. The minimum Gasteiger partial charge on any atom is -0.486 e. The van der Waals surface area contributed by atoms with Crippen LogP contribution in [0.15, 0.2) is 53.9 Å². The molecule has 0 radical (unpaired) electrons. The second kappa shape index (κ2) is 9.73. The molecule has 2 aromatic carbocycles. The Bertz CT molecular complexity index is 1120. The number of nitrogens with one attached hydrogen (secondary N) is 1. The number of nitrogens with zero attached hydrogens (tertiary/aromatic N) is 4. The fraction of sp³-hybridized carbons (Fsp3) is 0.273. The molecule has 3 aromatic rings. The minimum absolute atomic E-state index is 0.115. The lowest BCUT2D eigenvalue weighted by Gasteiger charge is -2.21. The van der Waals surface area contributed by atoms with Crippen LogP contribution in [0.5, 0.6) is 11.5 Å². The highest BCUT2D eigenvalue weighted by atomic mass is 32.2. The predicted octanol–water partition coefficient (Wildman–Crippen LogP) is 2.59. The quantitative estimate of drug-likeness (QED) is 0.549. The van der Waals surface area contributed by atoms with Gasteiger partial charge in [-0.15, -0.1) is 10.2 Å². The smallest absolute Gasteiger partial charge is 0.253 e. The van der Waals surface area contributed by atoms with Gasteiger partial charge >= 0.3 is 0 Å². The van der Waals surface area contributed by atoms with Gasteiger partial charge in [-0.05, 0) is 42.0 Å². The average Bonchev–Trinajstić information content (AvgIpc) is 3.22. The Morgan fingerprint density at radius 1 is 1.12 bits per heavy atom. The summed E-state index contributed by atoms with van der Waals surface area (Å²) in [6, 6.07) is 12.5. The highest BCUT2D eigenvalue weighted by Crippen LogP contribution is 2.31. The number of aromatic nitrogens is 3. The summed E-state index contributed by atoms with van der Waals surface area (Å²) in [6.07, 6.45) is 1.58. The normalized spacial score (nSPS) is 12.3. The Balaban J connectivity index is 1.31. The molecule has 2 amide bonds. The Morgan fingerprint density at radius 2 is 1.88 bits per heavy atom. The van der Waals surface area contributed by atoms with E-state index >= 15 is 0 Å². The molecule has 1 aromatic heterocycles. The summed E-state index contributed by atoms with van der Waals surface area (Å²) in [4.78, 5) is 26.6. The largest absolute Gasteiger partial charge is 0.486 e. The van der Waals surface area contributed by atoms with E-state index in [0.29, 0.717) is 41.9 Å². The fourth-order valence-electron chi connectivity index (χ4n) is 3.18. The summed E-state index contributed by atoms with van der Waals surface area (Å²) in [7, 11) is 3.57. The molecular weight excluding hydrogens is 430 g/mol. The summed E-state index contributed by atoms with van der Waals surface area (Å²) in [5.74, 6) is 1.36. The number of thioether (sulfide) groups is 1. The Kier molecular flexibility index (Phi) is 6.60. The van der Waals surface area contributed by atoms with Crippen LogP contribution >= 0.6 is 11.8 Å². The lowest BCUT2D eigenvalue weighted by Crippen LogP contribution is -2.26. The molecule has 0 bridgehead atoms. The van der Waals surface area contributed by atoms with E-state index in [1.165, 1.54) is 11.8 Å². The van der Waals surface area contributed by atoms with E-state index in [0.717, 1.165) is 11.3 Å². The summed E-state index contributed by atoms with van der Waals surface area (Å²) < 4.78 is 12.9. The van der Waals surface area contributed by atoms with E-state index in [1.54, 1.807) is 47.1 Å². The van der Waals surface area contributed by atoms with Crippen LogP contribution in [-0.2, 0) is 18.4 Å². The van der Waals surface area contributed by atoms with Gasteiger partial charge in [0.25, 0.3) is 5.91 Å². The molecule has 1 aliphatic rings. The maximum Gasteiger partial charge on any atom is 0.253 e. The first kappa shape index (κ1) is 21.7. The zero-order valence-corrected chi connectivity index (χ0v) is 18.6. The van der Waals surface area contributed by atoms with Crippen LogP contribution in [0, 0.1) is 0 Å². The van der Waals surface area contributed by atoms with Crippen LogP contribution < -0.4 is 14.8 Å². The molecule has 4 rings (SSSR count). The Hall–Kier alpha value is -3.53. The van der Waals surface area contributed by atoms with Crippen molar-refractivity contribution in [3.63, 3.8) is 0 Å². The van der Waals surface area contributed by atoms with Crippen LogP contribution in [0.1, 0.15) is 15.9 Å². The zero-order chi connectivity index (χ0) is 22.5. The number of hydrogen-bond donors (Lipinski definition) is 1. The third-order valence-electron chi connectivity index (χ3n) is 4.79. The minimum atomic E-state index is -0.159. The summed E-state index contributed by atoms with van der Waals surface area (Å²) >= 11 is 1.30. The number of fused-ring (bicyclic) bond motifs is 1. The van der Waals surface area contributed by atoms with Crippen LogP contribution in [0.25, 0.3) is 0 Å². The van der Waals surface area contributed by atoms with Gasteiger partial charge in [0.15, 0.2) is 16.7 Å². The van der Waals surface area contributed by atoms with Crippen molar-refractivity contribution in [3.05, 3.63) is 59.9 Å². The van der Waals surface area contributed by atoms with Crippen LogP contribution in [0.3, 0.4) is 0 Å². The maximum atomic E-state index is 12.8. The molecule has 1 N–H and O–H groups in total. The molecule has 1 aliphatic heterocycles. The van der Waals surface area contributed by atoms with E-state index in [9.17, 15) is 9.59 Å². The van der Waals surface area contributed by atoms with Gasteiger partial charge in [0.2, 0.25) is 5.91 Å². The monoisotopic (exact) mass is 453 g/mol. The SMILES string of the molecule is CN(Cc1ccc2c(c1)OCCO2)C(=O)c1ccc(NC(=O)CSc2nncn2C)cc1. The fourth-order valence-corrected chi connectivity index (χ4v) is 3.87. The number of hydrogen-bond acceptors (Lipinski definition) is 7. The predicted molar refractivity (Wildman–Crippen MR) is 120 cm³/mol. The summed E-state index contributed by atoms with van der Waals surface area (Å²) in [6.45, 7) is 1.50. The third kappa shape index (κ3) is 5.20. The molecular formula is C22H23N5O4S. The molecule has 0 spiro atoms. The highest BCUT2D eigenvalue weighted by molar-refractivity contribution is 7.99. The van der Waals surface area contributed by atoms with Crippen molar-refractivity contribution in [3.8, 4) is 11.5 Å². The molecule has 9 nitrogen and oxygen atoms in total. The second-order valence-electron chi connectivity index (χ2n) is 7.28. The van der Waals surface area contributed by atoms with Crippen LogP contribution in [0.4, 0.5) is 5.69 Å². The lowest BCUT2D eigenvalue weighted by atomic mass is 10.1. The van der Waals surface area contributed by atoms with Gasteiger partial charge in [-0.1, -0.05) is 17.8 Å². The molecule has 0 saturated heterocycles. The third-order valence-corrected chi connectivity index (χ3v) is 5.83. The average molecular weight is 454 g/mol. The number of benzene rings is 2. The van der Waals surface area contributed by atoms with Crippen LogP contribution in [-0.4, -0.2) is 57.5 Å². The molecule has 0 saturated carbocycles. The van der Waals surface area contributed by atoms with E-state index < -0.39 is 0 Å². The number of aryl methyl sites for hydroxylation is 1. The van der Waals surface area contributed by atoms with Gasteiger partial charge < -0.3 is 24.3 Å². The van der Waals surface area contributed by atoms with Crippen LogP contribution in [0.2, 0.25) is 0 Å². The van der Waals surface area contributed by atoms with Crippen molar-refractivity contribution in [2.75, 3.05) is 31.3 Å². The van der Waals surface area contributed by atoms with Crippen molar-refractivity contribution in [2.45, 2.75) is 11.7 Å². The van der Waals surface area contributed by atoms with Gasteiger partial charge in [-0.25, -0.2) is 0 Å². The number of anilines is 1. The summed E-state index contributed by atoms with van der Waals surface area (Å²) in [5.41, 5.74) is 2.12. The standard InChI is InChI=1S/C22H23N5O4S/c1-26(12-15-3-8-18-19(11-15)31-10-9-30-18)21(29)16-4-6-17(7-5-16)24-20(28)13-32-22-25-23-14-27(22)2/h3-8,11,14H,9-10,12-13H2,1-2H3,(H,24,28). The lowest BCUT2D eigenvalue weighted by molar-refractivity contribution is -0.113. The van der Waals surface area contributed by atoms with Crippen molar-refractivity contribution >= 4 is 29.3 Å². The maximum absolute atomic E-state index is 12.8. The topological polar surface area (TPSA) is 98.6 Å². The van der Waals surface area contributed by atoms with Crippen molar-refractivity contribution in [1.82, 2.24) is 19.7 Å². The van der Waals surface area contributed by atoms with Gasteiger partial charge in [0, 0.05) is 31.9 Å². The Labute approximate surface area is 189 Å². The van der Waals surface area contributed by atoms with Gasteiger partial charge in [-0.2, -0.15) is 0 Å². The van der Waals surface area contributed by atoms with Gasteiger partial charge in [0.1, 0.15) is 19.5 Å². The first-order valence-electron chi connectivity index (χ1n) is 10.0. The molecule has 0 unspecified atom stereocenters. The number of carbonyl (C=O) groups is 2. The number of ether oxygens (including phenoxy) is 2. The van der Waals surface area contributed by atoms with Gasteiger partial charge in [-0.3, -0.25) is 9.59 Å². The molecule has 32 heavy (non-hydrogen) atoms. The molecule has 10 heteroatoms. The summed E-state index contributed by atoms with van der Waals surface area (Å²) in [5, 5.41) is 11.2. The van der Waals surface area contributed by atoms with E-state index in [4.69, 9.17) is 9.47 Å². The van der Waals surface area contributed by atoms with E-state index in [2.05, 4.69) is 15.5 Å². The number of rotatable bonds is 7. The molecule has 166 valence electrons. The zero-order valence-electron chi connectivity index (χ0n) is 17.8. The van der Waals surface area contributed by atoms with Crippen molar-refractivity contribution in [2.24, 2.45) is 7.05 Å². The Morgan fingerprint density at radius 3 is 2.59 bits per heavy atom. The van der Waals surface area contributed by atoms with Crippen molar-refractivity contribution < 1.29 is 19.1 Å². The highest BCUT2D eigenvalue weighted by Gasteiger charge is 2.16. The first-order valence-corrected chi connectivity index (χ1v) is 11.0. The first-order chi connectivity index (χ1) is 15.5. The number of carbonyl (C=O) groups excluding carboxylic acids is 2. The molecule has 0 aliphatic carbocycles. The molecule has 0 atom stereocenters. The molecule has 2 heterocycles. The number of amides is 2. The van der Waals surface area contributed by atoms with Gasteiger partial charge in [0.05, 0.1) is 5.75 Å². The van der Waals surface area contributed by atoms with E-state index in [1.807, 2.05) is 25.2 Å². The van der Waals surface area contributed by atoms with E-state index in [-0.39, 0.29) is 17.6 Å². The second-order valence-corrected chi connectivity index (χ2v) is 8.22. The van der Waals surface area contributed by atoms with Crippen molar-refractivity contribution in [1.29, 1.82) is 0 Å².